The van der Waals surface area contributed by atoms with E-state index in [1.54, 1.807) is 0 Å². The summed E-state index contributed by atoms with van der Waals surface area (Å²) < 4.78 is 0. The Morgan fingerprint density at radius 1 is 1.45 bits per heavy atom. The van der Waals surface area contributed by atoms with E-state index in [0.717, 1.165) is 0 Å². The average molecular weight is 160 g/mol. The molecule has 0 aromatic heterocycles. The van der Waals surface area contributed by atoms with Gasteiger partial charge >= 0.3 is 5.97 Å². The lowest BCUT2D eigenvalue weighted by Gasteiger charge is -2.03. The van der Waals surface area contributed by atoms with Crippen LogP contribution in [0.25, 0.3) is 0 Å². The summed E-state index contributed by atoms with van der Waals surface area (Å²) in [5.74, 6) is -1.75. The number of nitrogens with two attached hydrogens (primary N) is 2. The van der Waals surface area contributed by atoms with Crippen molar-refractivity contribution in [3.8, 4) is 0 Å². The molecule has 0 aliphatic heterocycles. The van der Waals surface area contributed by atoms with Crippen molar-refractivity contribution < 1.29 is 14.7 Å². The van der Waals surface area contributed by atoms with Crippen LogP contribution in [0.2, 0.25) is 0 Å². The maximum Gasteiger partial charge on any atom is 0.328 e. The number of hydrogen-bond acceptors (Lipinski definition) is 4. The molecule has 0 spiro atoms. The summed E-state index contributed by atoms with van der Waals surface area (Å²) in [5.41, 5.74) is 10.1. The monoisotopic (exact) mass is 160 g/mol. The standard InChI is InChI=1S/C6H12N2O3/c7-3-1-2-4(9)5(8)6(10)11/h5H,1-3,7-8H2,(H,10,11). The third kappa shape index (κ3) is 3.69. The van der Waals surface area contributed by atoms with Gasteiger partial charge < -0.3 is 16.6 Å². The van der Waals surface area contributed by atoms with E-state index in [-0.39, 0.29) is 6.42 Å². The molecule has 0 aliphatic rings. The molecule has 0 saturated carbocycles. The van der Waals surface area contributed by atoms with E-state index in [1.165, 1.54) is 0 Å². The smallest absolute Gasteiger partial charge is 0.328 e. The van der Waals surface area contributed by atoms with Gasteiger partial charge in [0.1, 0.15) is 0 Å². The van der Waals surface area contributed by atoms with Crippen LogP contribution in [0.1, 0.15) is 12.8 Å². The maximum absolute atomic E-state index is 10.8. The zero-order valence-electron chi connectivity index (χ0n) is 6.12. The van der Waals surface area contributed by atoms with Crippen molar-refractivity contribution in [3.05, 3.63) is 0 Å². The first-order valence-corrected chi connectivity index (χ1v) is 3.30. The molecule has 5 heteroatoms. The van der Waals surface area contributed by atoms with Crippen LogP contribution in [0, 0.1) is 0 Å². The number of aliphatic carboxylic acids is 1. The van der Waals surface area contributed by atoms with Gasteiger partial charge in [-0.05, 0) is 13.0 Å². The average Bonchev–Trinajstić information content (AvgIpc) is 1.98. The minimum Gasteiger partial charge on any atom is -0.480 e. The molecule has 0 aromatic carbocycles. The molecule has 1 unspecified atom stereocenters. The maximum atomic E-state index is 10.8. The molecule has 11 heavy (non-hydrogen) atoms. The largest absolute Gasteiger partial charge is 0.480 e. The highest BCUT2D eigenvalue weighted by Gasteiger charge is 2.19. The zero-order chi connectivity index (χ0) is 8.85. The molecule has 0 amide bonds. The number of hydrogen-bond donors (Lipinski definition) is 3. The Labute approximate surface area is 64.4 Å². The van der Waals surface area contributed by atoms with Crippen LogP contribution >= 0.6 is 0 Å². The highest BCUT2D eigenvalue weighted by molar-refractivity contribution is 6.01. The van der Waals surface area contributed by atoms with Crippen LogP contribution in [0.4, 0.5) is 0 Å². The summed E-state index contributed by atoms with van der Waals surface area (Å²) in [5, 5.41) is 8.27. The molecule has 0 heterocycles. The first-order valence-electron chi connectivity index (χ1n) is 3.30. The van der Waals surface area contributed by atoms with Crippen molar-refractivity contribution in [3.63, 3.8) is 0 Å². The topological polar surface area (TPSA) is 106 Å². The van der Waals surface area contributed by atoms with E-state index in [1.807, 2.05) is 0 Å². The molecule has 0 aromatic rings. The predicted octanol–water partition coefficient (Wildman–Crippen LogP) is -1.29. The number of ketones is 1. The Bertz CT molecular complexity index is 158. The van der Waals surface area contributed by atoms with E-state index in [2.05, 4.69) is 0 Å². The van der Waals surface area contributed by atoms with Crippen molar-refractivity contribution in [2.24, 2.45) is 11.5 Å². The lowest BCUT2D eigenvalue weighted by Crippen LogP contribution is -2.38. The Hall–Kier alpha value is -0.940. The highest BCUT2D eigenvalue weighted by atomic mass is 16.4. The first-order chi connectivity index (χ1) is 5.09. The fraction of sp³-hybridized carbons (Fsp3) is 0.667. The lowest BCUT2D eigenvalue weighted by molar-refractivity contribution is -0.142. The third-order valence-corrected chi connectivity index (χ3v) is 1.24. The number of rotatable bonds is 5. The van der Waals surface area contributed by atoms with E-state index in [9.17, 15) is 9.59 Å². The summed E-state index contributed by atoms with van der Waals surface area (Å²) in [6.45, 7) is 0.373. The first kappa shape index (κ1) is 10.1. The number of carbonyl (C=O) groups is 2. The van der Waals surface area contributed by atoms with Crippen molar-refractivity contribution in [1.29, 1.82) is 0 Å². The molecule has 0 saturated heterocycles. The summed E-state index contributed by atoms with van der Waals surface area (Å²) >= 11 is 0. The van der Waals surface area contributed by atoms with Gasteiger partial charge in [-0.15, -0.1) is 0 Å². The van der Waals surface area contributed by atoms with Crippen LogP contribution < -0.4 is 11.5 Å². The molecule has 0 bridgehead atoms. The van der Waals surface area contributed by atoms with Crippen LogP contribution in [0.3, 0.4) is 0 Å². The Morgan fingerprint density at radius 3 is 2.36 bits per heavy atom. The van der Waals surface area contributed by atoms with Gasteiger partial charge in [0.25, 0.3) is 0 Å². The Morgan fingerprint density at radius 2 is 2.00 bits per heavy atom. The van der Waals surface area contributed by atoms with Crippen LogP contribution in [0.15, 0.2) is 0 Å². The van der Waals surface area contributed by atoms with Gasteiger partial charge in [-0.1, -0.05) is 0 Å². The molecule has 0 radical (unpaired) electrons. The minimum atomic E-state index is -1.39. The fourth-order valence-corrected chi connectivity index (χ4v) is 0.570. The highest BCUT2D eigenvalue weighted by Crippen LogP contribution is 1.92. The van der Waals surface area contributed by atoms with Crippen LogP contribution in [-0.4, -0.2) is 29.4 Å². The third-order valence-electron chi connectivity index (χ3n) is 1.24. The van der Waals surface area contributed by atoms with E-state index in [4.69, 9.17) is 16.6 Å². The van der Waals surface area contributed by atoms with Gasteiger partial charge in [0, 0.05) is 6.42 Å². The summed E-state index contributed by atoms with van der Waals surface area (Å²) in [6.07, 6.45) is 0.629. The van der Waals surface area contributed by atoms with E-state index in [0.29, 0.717) is 13.0 Å². The van der Waals surface area contributed by atoms with Gasteiger partial charge in [0.15, 0.2) is 11.8 Å². The molecular weight excluding hydrogens is 148 g/mol. The molecule has 0 aliphatic carbocycles. The van der Waals surface area contributed by atoms with Gasteiger partial charge in [-0.2, -0.15) is 0 Å². The van der Waals surface area contributed by atoms with E-state index < -0.39 is 17.8 Å². The molecule has 0 fully saturated rings. The number of carboxylic acids is 1. The van der Waals surface area contributed by atoms with Crippen LogP contribution in [0.5, 0.6) is 0 Å². The lowest BCUT2D eigenvalue weighted by atomic mass is 10.1. The van der Waals surface area contributed by atoms with Gasteiger partial charge in [0.05, 0.1) is 0 Å². The minimum absolute atomic E-state index is 0.143. The Kier molecular flexibility index (Phi) is 4.40. The van der Waals surface area contributed by atoms with Gasteiger partial charge in [-0.3, -0.25) is 9.59 Å². The molecule has 1 atom stereocenters. The number of Topliss-reactive ketones (excluding diaryl/α,β-unsaturated/α-hetero) is 1. The molecule has 0 rings (SSSR count). The van der Waals surface area contributed by atoms with Crippen molar-refractivity contribution in [2.45, 2.75) is 18.9 Å². The zero-order valence-corrected chi connectivity index (χ0v) is 6.12. The molecule has 5 nitrogen and oxygen atoms in total. The van der Waals surface area contributed by atoms with Crippen molar-refractivity contribution in [1.82, 2.24) is 0 Å². The second-order valence-electron chi connectivity index (χ2n) is 2.17. The molecule has 5 N–H and O–H groups in total. The van der Waals surface area contributed by atoms with Crippen molar-refractivity contribution >= 4 is 11.8 Å². The summed E-state index contributed by atoms with van der Waals surface area (Å²) in [7, 11) is 0. The number of carbonyl (C=O) groups excluding carboxylic acids is 1. The molecular formula is C6H12N2O3. The summed E-state index contributed by atoms with van der Waals surface area (Å²) in [6, 6.07) is -1.39. The SMILES string of the molecule is NCCCC(=O)C(N)C(=O)O. The van der Waals surface area contributed by atoms with Gasteiger partial charge in [-0.25, -0.2) is 0 Å². The van der Waals surface area contributed by atoms with Gasteiger partial charge in [0.2, 0.25) is 0 Å². The molecule has 64 valence electrons. The quantitative estimate of drug-likeness (QED) is 0.434. The van der Waals surface area contributed by atoms with Crippen LogP contribution in [-0.2, 0) is 9.59 Å². The van der Waals surface area contributed by atoms with Crippen molar-refractivity contribution in [2.75, 3.05) is 6.54 Å². The second kappa shape index (κ2) is 4.81. The summed E-state index contributed by atoms with van der Waals surface area (Å²) in [4.78, 5) is 20.9. The fourth-order valence-electron chi connectivity index (χ4n) is 0.570. The Balaban J connectivity index is 3.74. The number of carboxylic acid groups (broad SMARTS) is 1. The van der Waals surface area contributed by atoms with E-state index >= 15 is 0 Å². The normalized spacial score (nSPS) is 12.5. The predicted molar refractivity (Wildman–Crippen MR) is 38.9 cm³/mol. The second-order valence-corrected chi connectivity index (χ2v) is 2.17.